The number of halogens is 1. The molecule has 1 fully saturated rings. The quantitative estimate of drug-likeness (QED) is 0.725. The van der Waals surface area contributed by atoms with E-state index in [1.165, 1.54) is 12.1 Å². The van der Waals surface area contributed by atoms with Gasteiger partial charge in [-0.2, -0.15) is 0 Å². The molecule has 1 saturated heterocycles. The van der Waals surface area contributed by atoms with Crippen LogP contribution in [0.1, 0.15) is 5.56 Å². The van der Waals surface area contributed by atoms with Crippen LogP contribution < -0.4 is 0 Å². The molecule has 1 amide bonds. The van der Waals surface area contributed by atoms with Crippen LogP contribution >= 0.6 is 0 Å². The van der Waals surface area contributed by atoms with Gasteiger partial charge in [-0.1, -0.05) is 12.1 Å². The predicted octanol–water partition coefficient (Wildman–Crippen LogP) is 1.06. The SMILES string of the molecule is CN1CC(=O)N(Cc2ccc(F)cc2)C1. The van der Waals surface area contributed by atoms with Gasteiger partial charge < -0.3 is 4.90 Å². The minimum absolute atomic E-state index is 0.127. The minimum atomic E-state index is -0.247. The van der Waals surface area contributed by atoms with Gasteiger partial charge in [0, 0.05) is 6.54 Å². The van der Waals surface area contributed by atoms with Gasteiger partial charge >= 0.3 is 0 Å². The molecule has 15 heavy (non-hydrogen) atoms. The van der Waals surface area contributed by atoms with E-state index in [0.717, 1.165) is 5.56 Å². The van der Waals surface area contributed by atoms with Crippen molar-refractivity contribution in [3.63, 3.8) is 0 Å². The summed E-state index contributed by atoms with van der Waals surface area (Å²) in [4.78, 5) is 15.2. The monoisotopic (exact) mass is 208 g/mol. The van der Waals surface area contributed by atoms with E-state index in [0.29, 0.717) is 19.8 Å². The second-order valence-corrected chi connectivity index (χ2v) is 3.87. The summed E-state index contributed by atoms with van der Waals surface area (Å²) in [6, 6.07) is 6.25. The van der Waals surface area contributed by atoms with Crippen LogP contribution in [0.3, 0.4) is 0 Å². The van der Waals surface area contributed by atoms with E-state index in [1.54, 1.807) is 17.0 Å². The topological polar surface area (TPSA) is 23.6 Å². The molecule has 0 radical (unpaired) electrons. The third kappa shape index (κ3) is 2.33. The Morgan fingerprint density at radius 3 is 2.53 bits per heavy atom. The lowest BCUT2D eigenvalue weighted by Crippen LogP contribution is -2.25. The van der Waals surface area contributed by atoms with E-state index in [4.69, 9.17) is 0 Å². The molecule has 1 aromatic carbocycles. The first-order valence-corrected chi connectivity index (χ1v) is 4.86. The Balaban J connectivity index is 2.03. The smallest absolute Gasteiger partial charge is 0.238 e. The van der Waals surface area contributed by atoms with E-state index >= 15 is 0 Å². The molecule has 3 nitrogen and oxygen atoms in total. The Labute approximate surface area is 88.1 Å². The van der Waals surface area contributed by atoms with E-state index in [9.17, 15) is 9.18 Å². The normalized spacial score (nSPS) is 17.5. The van der Waals surface area contributed by atoms with Crippen molar-refractivity contribution < 1.29 is 9.18 Å². The summed E-state index contributed by atoms with van der Waals surface area (Å²) >= 11 is 0. The van der Waals surface area contributed by atoms with E-state index in [2.05, 4.69) is 0 Å². The van der Waals surface area contributed by atoms with Gasteiger partial charge in [-0.15, -0.1) is 0 Å². The third-order valence-corrected chi connectivity index (χ3v) is 2.46. The van der Waals surface area contributed by atoms with Crippen molar-refractivity contribution in [3.05, 3.63) is 35.6 Å². The fraction of sp³-hybridized carbons (Fsp3) is 0.364. The molecule has 1 aliphatic heterocycles. The zero-order chi connectivity index (χ0) is 10.8. The first-order chi connectivity index (χ1) is 7.15. The van der Waals surface area contributed by atoms with Crippen LogP contribution in [-0.2, 0) is 11.3 Å². The third-order valence-electron chi connectivity index (χ3n) is 2.46. The number of hydrogen-bond acceptors (Lipinski definition) is 2. The van der Waals surface area contributed by atoms with Crippen molar-refractivity contribution in [1.82, 2.24) is 9.80 Å². The van der Waals surface area contributed by atoms with Crippen molar-refractivity contribution in [1.29, 1.82) is 0 Å². The molecule has 0 aliphatic carbocycles. The van der Waals surface area contributed by atoms with Gasteiger partial charge in [0.2, 0.25) is 5.91 Å². The molecule has 0 saturated carbocycles. The highest BCUT2D eigenvalue weighted by Gasteiger charge is 2.24. The number of nitrogens with zero attached hydrogens (tertiary/aromatic N) is 2. The molecular formula is C11H13FN2O. The number of hydrogen-bond donors (Lipinski definition) is 0. The molecule has 1 heterocycles. The van der Waals surface area contributed by atoms with Crippen molar-refractivity contribution in [2.75, 3.05) is 20.3 Å². The number of benzene rings is 1. The fourth-order valence-electron chi connectivity index (χ4n) is 1.70. The van der Waals surface area contributed by atoms with Crippen molar-refractivity contribution in [2.24, 2.45) is 0 Å². The van der Waals surface area contributed by atoms with Crippen LogP contribution in [0.15, 0.2) is 24.3 Å². The summed E-state index contributed by atoms with van der Waals surface area (Å²) in [6.07, 6.45) is 0. The highest BCUT2D eigenvalue weighted by atomic mass is 19.1. The van der Waals surface area contributed by atoms with Gasteiger partial charge in [0.05, 0.1) is 13.2 Å². The minimum Gasteiger partial charge on any atom is -0.324 e. The average molecular weight is 208 g/mol. The van der Waals surface area contributed by atoms with Crippen LogP contribution in [0.4, 0.5) is 4.39 Å². The van der Waals surface area contributed by atoms with Gasteiger partial charge in [0.1, 0.15) is 5.82 Å². The maximum Gasteiger partial charge on any atom is 0.238 e. The van der Waals surface area contributed by atoms with E-state index < -0.39 is 0 Å². The number of likely N-dealkylation sites (N-methyl/N-ethyl adjacent to an activating group) is 1. The summed E-state index contributed by atoms with van der Waals surface area (Å²) in [6.45, 7) is 1.68. The van der Waals surface area contributed by atoms with Gasteiger partial charge in [-0.3, -0.25) is 9.69 Å². The maximum absolute atomic E-state index is 12.7. The van der Waals surface area contributed by atoms with E-state index in [-0.39, 0.29) is 11.7 Å². The van der Waals surface area contributed by atoms with E-state index in [1.807, 2.05) is 11.9 Å². The average Bonchev–Trinajstić information content (AvgIpc) is 2.49. The molecule has 1 aromatic rings. The summed E-state index contributed by atoms with van der Waals surface area (Å²) < 4.78 is 12.7. The Bertz CT molecular complexity index is 363. The lowest BCUT2D eigenvalue weighted by Gasteiger charge is -2.15. The number of carbonyl (C=O) groups excluding carboxylic acids is 1. The van der Waals surface area contributed by atoms with Gasteiger partial charge in [-0.05, 0) is 24.7 Å². The second-order valence-electron chi connectivity index (χ2n) is 3.87. The Kier molecular flexibility index (Phi) is 2.68. The molecule has 2 rings (SSSR count). The first-order valence-electron chi connectivity index (χ1n) is 4.86. The molecule has 80 valence electrons. The predicted molar refractivity (Wildman–Crippen MR) is 54.4 cm³/mol. The summed E-state index contributed by atoms with van der Waals surface area (Å²) in [5, 5.41) is 0. The van der Waals surface area contributed by atoms with Crippen molar-refractivity contribution in [2.45, 2.75) is 6.54 Å². The number of rotatable bonds is 2. The molecule has 0 bridgehead atoms. The Hall–Kier alpha value is -1.42. The van der Waals surface area contributed by atoms with Crippen LogP contribution in [0.2, 0.25) is 0 Å². The summed E-state index contributed by atoms with van der Waals surface area (Å²) in [7, 11) is 1.91. The maximum atomic E-state index is 12.7. The van der Waals surface area contributed by atoms with Crippen LogP contribution in [0.25, 0.3) is 0 Å². The standard InChI is InChI=1S/C11H13FN2O/c1-13-7-11(15)14(8-13)6-9-2-4-10(12)5-3-9/h2-5H,6-8H2,1H3. The molecule has 0 atom stereocenters. The highest BCUT2D eigenvalue weighted by Crippen LogP contribution is 2.11. The van der Waals surface area contributed by atoms with Gasteiger partial charge in [0.25, 0.3) is 0 Å². The first kappa shape index (κ1) is 10.1. The van der Waals surface area contributed by atoms with Crippen LogP contribution in [0.5, 0.6) is 0 Å². The lowest BCUT2D eigenvalue weighted by molar-refractivity contribution is -0.127. The zero-order valence-corrected chi connectivity index (χ0v) is 8.61. The van der Waals surface area contributed by atoms with Crippen molar-refractivity contribution >= 4 is 5.91 Å². The van der Waals surface area contributed by atoms with Crippen LogP contribution in [0, 0.1) is 5.82 Å². The van der Waals surface area contributed by atoms with Crippen LogP contribution in [-0.4, -0.2) is 36.0 Å². The second kappa shape index (κ2) is 3.98. The Morgan fingerprint density at radius 2 is 2.00 bits per heavy atom. The Morgan fingerprint density at radius 1 is 1.33 bits per heavy atom. The molecule has 0 spiro atoms. The molecular weight excluding hydrogens is 195 g/mol. The summed E-state index contributed by atoms with van der Waals surface area (Å²) in [5.74, 6) is -0.120. The number of amides is 1. The molecule has 4 heteroatoms. The molecule has 0 aromatic heterocycles. The number of carbonyl (C=O) groups is 1. The fourth-order valence-corrected chi connectivity index (χ4v) is 1.70. The van der Waals surface area contributed by atoms with Crippen molar-refractivity contribution in [3.8, 4) is 0 Å². The largest absolute Gasteiger partial charge is 0.324 e. The van der Waals surface area contributed by atoms with Gasteiger partial charge in [-0.25, -0.2) is 4.39 Å². The highest BCUT2D eigenvalue weighted by molar-refractivity contribution is 5.79. The molecule has 0 N–H and O–H groups in total. The zero-order valence-electron chi connectivity index (χ0n) is 8.61. The van der Waals surface area contributed by atoms with Gasteiger partial charge in [0.15, 0.2) is 0 Å². The molecule has 1 aliphatic rings. The summed E-state index contributed by atoms with van der Waals surface area (Å²) in [5.41, 5.74) is 0.958. The molecule has 0 unspecified atom stereocenters. The lowest BCUT2D eigenvalue weighted by atomic mass is 10.2.